The molecule has 0 amide bonds. The number of aryl methyl sites for hydroxylation is 1. The Balaban J connectivity index is 2.09. The molecule has 1 aromatic rings. The highest BCUT2D eigenvalue weighted by Gasteiger charge is 2.25. The first-order valence-corrected chi connectivity index (χ1v) is 6.63. The Labute approximate surface area is 109 Å². The summed E-state index contributed by atoms with van der Waals surface area (Å²) in [6.07, 6.45) is 0.565. The molecular weight excluding hydrogens is 226 g/mol. The summed E-state index contributed by atoms with van der Waals surface area (Å²) >= 11 is 0. The molecule has 1 aliphatic heterocycles. The second kappa shape index (κ2) is 6.01. The molecule has 0 spiro atoms. The molecule has 1 heterocycles. The Kier molecular flexibility index (Phi) is 4.37. The van der Waals surface area contributed by atoms with Crippen molar-refractivity contribution in [1.29, 1.82) is 0 Å². The third-order valence-corrected chi connectivity index (χ3v) is 3.55. The normalized spacial score (nSPS) is 19.9. The van der Waals surface area contributed by atoms with Crippen molar-refractivity contribution in [2.75, 3.05) is 31.2 Å². The minimum Gasteiger partial charge on any atom is -0.380 e. The third kappa shape index (κ3) is 2.91. The maximum absolute atomic E-state index is 11.9. The molecule has 3 nitrogen and oxygen atoms in total. The molecule has 98 valence electrons. The zero-order valence-electron chi connectivity index (χ0n) is 11.2. The van der Waals surface area contributed by atoms with Gasteiger partial charge in [0.15, 0.2) is 0 Å². The van der Waals surface area contributed by atoms with E-state index in [-0.39, 0.29) is 5.92 Å². The van der Waals surface area contributed by atoms with E-state index >= 15 is 0 Å². The van der Waals surface area contributed by atoms with Gasteiger partial charge in [0.2, 0.25) is 0 Å². The van der Waals surface area contributed by atoms with Gasteiger partial charge < -0.3 is 9.64 Å². The number of ketones is 1. The minimum atomic E-state index is 0.0262. The van der Waals surface area contributed by atoms with Crippen LogP contribution in [0.1, 0.15) is 18.9 Å². The Morgan fingerprint density at radius 2 is 2.17 bits per heavy atom. The summed E-state index contributed by atoms with van der Waals surface area (Å²) < 4.78 is 5.42. The van der Waals surface area contributed by atoms with Gasteiger partial charge in [-0.1, -0.05) is 18.2 Å². The zero-order chi connectivity index (χ0) is 13.0. The first-order chi connectivity index (χ1) is 8.72. The smallest absolute Gasteiger partial charge is 0.142 e. The van der Waals surface area contributed by atoms with Crippen molar-refractivity contribution in [3.63, 3.8) is 0 Å². The van der Waals surface area contributed by atoms with Gasteiger partial charge in [-0.05, 0) is 25.5 Å². The first kappa shape index (κ1) is 13.1. The number of anilines is 1. The highest BCUT2D eigenvalue weighted by molar-refractivity contribution is 5.82. The van der Waals surface area contributed by atoms with E-state index in [9.17, 15) is 4.79 Å². The van der Waals surface area contributed by atoms with Crippen LogP contribution in [0.4, 0.5) is 5.69 Å². The van der Waals surface area contributed by atoms with Crippen LogP contribution in [-0.2, 0) is 9.53 Å². The Morgan fingerprint density at radius 3 is 2.83 bits per heavy atom. The molecule has 0 aromatic heterocycles. The minimum absolute atomic E-state index is 0.0262. The fourth-order valence-corrected chi connectivity index (χ4v) is 2.43. The molecule has 0 aliphatic carbocycles. The van der Waals surface area contributed by atoms with E-state index < -0.39 is 0 Å². The molecule has 1 saturated heterocycles. The maximum Gasteiger partial charge on any atom is 0.142 e. The highest BCUT2D eigenvalue weighted by Crippen LogP contribution is 2.21. The van der Waals surface area contributed by atoms with Gasteiger partial charge in [0.05, 0.1) is 19.1 Å². The average Bonchev–Trinajstić information content (AvgIpc) is 2.39. The molecule has 1 aromatic carbocycles. The van der Waals surface area contributed by atoms with Gasteiger partial charge in [0.25, 0.3) is 0 Å². The van der Waals surface area contributed by atoms with Crippen molar-refractivity contribution in [2.24, 2.45) is 5.92 Å². The number of para-hydroxylation sites is 1. The van der Waals surface area contributed by atoms with Gasteiger partial charge >= 0.3 is 0 Å². The summed E-state index contributed by atoms with van der Waals surface area (Å²) in [6, 6.07) is 8.32. The number of rotatable bonds is 4. The molecule has 1 fully saturated rings. The summed E-state index contributed by atoms with van der Waals surface area (Å²) in [7, 11) is 0. The van der Waals surface area contributed by atoms with E-state index in [0.717, 1.165) is 13.1 Å². The lowest BCUT2D eigenvalue weighted by Gasteiger charge is -2.30. The van der Waals surface area contributed by atoms with Crippen LogP contribution in [0.15, 0.2) is 24.3 Å². The van der Waals surface area contributed by atoms with Crippen molar-refractivity contribution in [3.8, 4) is 0 Å². The van der Waals surface area contributed by atoms with Crippen LogP contribution in [0.2, 0.25) is 0 Å². The van der Waals surface area contributed by atoms with Gasteiger partial charge in [-0.15, -0.1) is 0 Å². The predicted molar refractivity (Wildman–Crippen MR) is 73.0 cm³/mol. The van der Waals surface area contributed by atoms with Crippen molar-refractivity contribution >= 4 is 11.5 Å². The lowest BCUT2D eigenvalue weighted by Crippen LogP contribution is -2.38. The molecule has 18 heavy (non-hydrogen) atoms. The van der Waals surface area contributed by atoms with E-state index in [4.69, 9.17) is 4.74 Å². The molecule has 0 radical (unpaired) electrons. The maximum atomic E-state index is 11.9. The summed E-state index contributed by atoms with van der Waals surface area (Å²) in [5, 5.41) is 0. The van der Waals surface area contributed by atoms with Gasteiger partial charge in [-0.25, -0.2) is 0 Å². The quantitative estimate of drug-likeness (QED) is 0.818. The van der Waals surface area contributed by atoms with Gasteiger partial charge in [0.1, 0.15) is 5.78 Å². The summed E-state index contributed by atoms with van der Waals surface area (Å²) in [5.74, 6) is 0.367. The second-order valence-electron chi connectivity index (χ2n) is 4.81. The molecule has 3 heteroatoms. The average molecular weight is 247 g/mol. The number of carbonyl (C=O) groups is 1. The molecule has 1 unspecified atom stereocenters. The van der Waals surface area contributed by atoms with E-state index in [0.29, 0.717) is 25.4 Å². The Morgan fingerprint density at radius 1 is 1.39 bits per heavy atom. The van der Waals surface area contributed by atoms with Gasteiger partial charge in [-0.3, -0.25) is 4.79 Å². The number of benzene rings is 1. The summed E-state index contributed by atoms with van der Waals surface area (Å²) in [6.45, 7) is 7.07. The molecule has 1 aliphatic rings. The van der Waals surface area contributed by atoms with Crippen LogP contribution in [-0.4, -0.2) is 32.1 Å². The Hall–Kier alpha value is -1.35. The number of hydrogen-bond donors (Lipinski definition) is 0. The van der Waals surface area contributed by atoms with Crippen LogP contribution in [0.25, 0.3) is 0 Å². The Bertz CT molecular complexity index is 417. The van der Waals surface area contributed by atoms with Crippen LogP contribution >= 0.6 is 0 Å². The number of nitrogens with zero attached hydrogens (tertiary/aromatic N) is 1. The number of ether oxygens (including phenoxy) is 1. The molecule has 0 bridgehead atoms. The summed E-state index contributed by atoms with van der Waals surface area (Å²) in [4.78, 5) is 14.1. The zero-order valence-corrected chi connectivity index (χ0v) is 11.2. The number of carbonyl (C=O) groups excluding carboxylic acids is 1. The van der Waals surface area contributed by atoms with Crippen molar-refractivity contribution in [1.82, 2.24) is 0 Å². The van der Waals surface area contributed by atoms with Crippen LogP contribution in [0.5, 0.6) is 0 Å². The predicted octanol–water partition coefficient (Wildman–Crippen LogP) is 2.43. The standard InChI is InChI=1S/C15H21NO2/c1-3-16(14-7-5-4-6-12(14)2)10-13-11-18-9-8-15(13)17/h4-7,13H,3,8-11H2,1-2H3. The summed E-state index contributed by atoms with van der Waals surface area (Å²) in [5.41, 5.74) is 2.47. The van der Waals surface area contributed by atoms with Crippen LogP contribution in [0, 0.1) is 12.8 Å². The SMILES string of the molecule is CCN(CC1COCCC1=O)c1ccccc1C. The molecule has 2 rings (SSSR count). The second-order valence-corrected chi connectivity index (χ2v) is 4.81. The fourth-order valence-electron chi connectivity index (χ4n) is 2.43. The number of Topliss-reactive ketones (excluding diaryl/α,β-unsaturated/α-hetero) is 1. The molecule has 0 saturated carbocycles. The van der Waals surface area contributed by atoms with E-state index in [2.05, 4.69) is 30.9 Å². The van der Waals surface area contributed by atoms with E-state index in [1.54, 1.807) is 0 Å². The van der Waals surface area contributed by atoms with Crippen molar-refractivity contribution in [3.05, 3.63) is 29.8 Å². The van der Waals surface area contributed by atoms with Gasteiger partial charge in [0, 0.05) is 25.2 Å². The third-order valence-electron chi connectivity index (χ3n) is 3.55. The van der Waals surface area contributed by atoms with Crippen LogP contribution in [0.3, 0.4) is 0 Å². The molecular formula is C15H21NO2. The van der Waals surface area contributed by atoms with Crippen molar-refractivity contribution < 1.29 is 9.53 Å². The number of hydrogen-bond acceptors (Lipinski definition) is 3. The highest BCUT2D eigenvalue weighted by atomic mass is 16.5. The largest absolute Gasteiger partial charge is 0.380 e. The monoisotopic (exact) mass is 247 g/mol. The van der Waals surface area contributed by atoms with E-state index in [1.165, 1.54) is 11.3 Å². The van der Waals surface area contributed by atoms with Gasteiger partial charge in [-0.2, -0.15) is 0 Å². The first-order valence-electron chi connectivity index (χ1n) is 6.63. The van der Waals surface area contributed by atoms with E-state index in [1.807, 2.05) is 12.1 Å². The molecule has 0 N–H and O–H groups in total. The van der Waals surface area contributed by atoms with Crippen molar-refractivity contribution in [2.45, 2.75) is 20.3 Å². The fraction of sp³-hybridized carbons (Fsp3) is 0.533. The van der Waals surface area contributed by atoms with Crippen LogP contribution < -0.4 is 4.90 Å². The topological polar surface area (TPSA) is 29.5 Å². The lowest BCUT2D eigenvalue weighted by molar-refractivity contribution is -0.129. The lowest BCUT2D eigenvalue weighted by atomic mass is 9.99. The molecule has 1 atom stereocenters.